The molecule has 0 aliphatic rings. The number of carbonyl (C=O) groups is 2. The van der Waals surface area contributed by atoms with Crippen LogP contribution in [0.1, 0.15) is 72.1 Å². The lowest BCUT2D eigenvalue weighted by Gasteiger charge is -2.32. The van der Waals surface area contributed by atoms with E-state index >= 15 is 0 Å². The predicted molar refractivity (Wildman–Crippen MR) is 93.1 cm³/mol. The molecule has 0 aliphatic heterocycles. The van der Waals surface area contributed by atoms with Crippen LogP contribution in [-0.2, 0) is 28.5 Å². The second-order valence-corrected chi connectivity index (χ2v) is 5.78. The lowest BCUT2D eigenvalue weighted by Crippen LogP contribution is -2.45. The van der Waals surface area contributed by atoms with Crippen LogP contribution >= 0.6 is 0 Å². The minimum absolute atomic E-state index is 0.0520. The van der Waals surface area contributed by atoms with Gasteiger partial charge in [-0.25, -0.2) is 0 Å². The Kier molecular flexibility index (Phi) is 14.4. The molecule has 0 bridgehead atoms. The van der Waals surface area contributed by atoms with Crippen molar-refractivity contribution in [3.8, 4) is 0 Å². The average molecular weight is 362 g/mol. The van der Waals surface area contributed by atoms with Gasteiger partial charge in [-0.1, -0.05) is 26.7 Å². The van der Waals surface area contributed by atoms with E-state index in [2.05, 4.69) is 13.8 Å². The number of rotatable bonds is 17. The lowest BCUT2D eigenvalue weighted by molar-refractivity contribution is -0.390. The number of carboxylic acid groups (broad SMARTS) is 1. The summed E-state index contributed by atoms with van der Waals surface area (Å²) in [5, 5.41) is 8.59. The standard InChI is InChI=1S/C18H34O7/c1-4-7-13-24-18(23-6-3,25-14-8-5-2)15-22-17(21)12-10-9-11-16(19)20/h4-15H2,1-3H3,(H,19,20). The summed E-state index contributed by atoms with van der Waals surface area (Å²) in [5.74, 6) is -2.64. The molecule has 0 aliphatic carbocycles. The summed E-state index contributed by atoms with van der Waals surface area (Å²) in [5.41, 5.74) is 0. The number of unbranched alkanes of at least 4 members (excludes halogenated alkanes) is 3. The summed E-state index contributed by atoms with van der Waals surface area (Å²) < 4.78 is 22.4. The molecular weight excluding hydrogens is 328 g/mol. The minimum atomic E-state index is -1.37. The van der Waals surface area contributed by atoms with Crippen molar-refractivity contribution >= 4 is 11.9 Å². The Morgan fingerprint density at radius 3 is 1.88 bits per heavy atom. The molecule has 25 heavy (non-hydrogen) atoms. The van der Waals surface area contributed by atoms with E-state index < -0.39 is 17.9 Å². The van der Waals surface area contributed by atoms with E-state index in [4.69, 9.17) is 24.1 Å². The van der Waals surface area contributed by atoms with Gasteiger partial charge in [0.25, 0.3) is 0 Å². The average Bonchev–Trinajstić information content (AvgIpc) is 2.57. The zero-order chi connectivity index (χ0) is 19.0. The summed E-state index contributed by atoms with van der Waals surface area (Å²) in [6, 6.07) is 0. The first kappa shape index (κ1) is 23.8. The van der Waals surface area contributed by atoms with Crippen molar-refractivity contribution in [3.63, 3.8) is 0 Å². The van der Waals surface area contributed by atoms with Crippen LogP contribution in [0.3, 0.4) is 0 Å². The summed E-state index contributed by atoms with van der Waals surface area (Å²) in [4.78, 5) is 22.3. The van der Waals surface area contributed by atoms with E-state index in [-0.39, 0.29) is 19.4 Å². The van der Waals surface area contributed by atoms with Crippen LogP contribution in [0.5, 0.6) is 0 Å². The highest BCUT2D eigenvalue weighted by atomic mass is 16.9. The summed E-state index contributed by atoms with van der Waals surface area (Å²) in [6.07, 6.45) is 4.79. The smallest absolute Gasteiger partial charge is 0.319 e. The van der Waals surface area contributed by atoms with Crippen molar-refractivity contribution < 1.29 is 33.6 Å². The summed E-state index contributed by atoms with van der Waals surface area (Å²) in [7, 11) is 0. The largest absolute Gasteiger partial charge is 0.481 e. The SMILES string of the molecule is CCCCOC(COC(=O)CCCCC(=O)O)(OCC)OCCCC. The van der Waals surface area contributed by atoms with Gasteiger partial charge in [0.05, 0.1) is 13.2 Å². The Morgan fingerprint density at radius 1 is 0.840 bits per heavy atom. The predicted octanol–water partition coefficient (Wildman–Crippen LogP) is 3.50. The van der Waals surface area contributed by atoms with Crippen LogP contribution < -0.4 is 0 Å². The fourth-order valence-corrected chi connectivity index (χ4v) is 2.00. The minimum Gasteiger partial charge on any atom is -0.481 e. The van der Waals surface area contributed by atoms with Crippen LogP contribution in [-0.4, -0.2) is 49.4 Å². The van der Waals surface area contributed by atoms with Crippen molar-refractivity contribution in [1.29, 1.82) is 0 Å². The highest BCUT2D eigenvalue weighted by Gasteiger charge is 2.35. The number of hydrogen-bond acceptors (Lipinski definition) is 6. The van der Waals surface area contributed by atoms with Gasteiger partial charge in [-0.2, -0.15) is 0 Å². The second-order valence-electron chi connectivity index (χ2n) is 5.78. The normalized spacial score (nSPS) is 11.5. The number of carbonyl (C=O) groups excluding carboxylic acids is 1. The molecule has 0 atom stereocenters. The highest BCUT2D eigenvalue weighted by molar-refractivity contribution is 5.69. The van der Waals surface area contributed by atoms with Gasteiger partial charge in [-0.05, 0) is 32.6 Å². The zero-order valence-corrected chi connectivity index (χ0v) is 15.9. The van der Waals surface area contributed by atoms with Crippen LogP contribution in [0.15, 0.2) is 0 Å². The maximum Gasteiger partial charge on any atom is 0.319 e. The Balaban J connectivity index is 4.49. The van der Waals surface area contributed by atoms with Crippen molar-refractivity contribution in [2.24, 2.45) is 0 Å². The molecule has 0 amide bonds. The van der Waals surface area contributed by atoms with Gasteiger partial charge >= 0.3 is 17.9 Å². The number of carboxylic acids is 1. The monoisotopic (exact) mass is 362 g/mol. The van der Waals surface area contributed by atoms with E-state index in [1.807, 2.05) is 6.92 Å². The third-order valence-electron chi connectivity index (χ3n) is 3.44. The molecule has 0 radical (unpaired) electrons. The molecule has 0 saturated heterocycles. The number of hydrogen-bond donors (Lipinski definition) is 1. The molecule has 0 spiro atoms. The molecule has 0 aromatic heterocycles. The van der Waals surface area contributed by atoms with E-state index in [1.54, 1.807) is 0 Å². The van der Waals surface area contributed by atoms with E-state index in [0.717, 1.165) is 25.7 Å². The molecular formula is C18H34O7. The summed E-state index contributed by atoms with van der Waals surface area (Å²) in [6.45, 7) is 7.09. The molecule has 0 fully saturated rings. The molecule has 1 N–H and O–H groups in total. The topological polar surface area (TPSA) is 91.3 Å². The second kappa shape index (κ2) is 15.1. The van der Waals surface area contributed by atoms with Crippen LogP contribution in [0.25, 0.3) is 0 Å². The summed E-state index contributed by atoms with van der Waals surface area (Å²) >= 11 is 0. The number of aliphatic carboxylic acids is 1. The molecule has 0 aromatic carbocycles. The van der Waals surface area contributed by atoms with E-state index in [9.17, 15) is 9.59 Å². The first-order chi connectivity index (χ1) is 12.0. The van der Waals surface area contributed by atoms with Crippen LogP contribution in [0.4, 0.5) is 0 Å². The highest BCUT2D eigenvalue weighted by Crippen LogP contribution is 2.19. The molecule has 0 rings (SSSR count). The maximum atomic E-state index is 11.9. The van der Waals surface area contributed by atoms with Gasteiger partial charge in [0, 0.05) is 19.4 Å². The first-order valence-corrected chi connectivity index (χ1v) is 9.29. The van der Waals surface area contributed by atoms with Crippen molar-refractivity contribution in [2.75, 3.05) is 26.4 Å². The van der Waals surface area contributed by atoms with E-state index in [0.29, 0.717) is 32.7 Å². The van der Waals surface area contributed by atoms with Crippen LogP contribution in [0, 0.1) is 0 Å². The Bertz CT molecular complexity index is 347. The maximum absolute atomic E-state index is 11.9. The van der Waals surface area contributed by atoms with Gasteiger partial charge in [0.1, 0.15) is 0 Å². The fraction of sp³-hybridized carbons (Fsp3) is 0.889. The van der Waals surface area contributed by atoms with Crippen molar-refractivity contribution in [1.82, 2.24) is 0 Å². The van der Waals surface area contributed by atoms with Gasteiger partial charge in [0.2, 0.25) is 0 Å². The van der Waals surface area contributed by atoms with Crippen LogP contribution in [0.2, 0.25) is 0 Å². The molecule has 7 nitrogen and oxygen atoms in total. The Morgan fingerprint density at radius 2 is 1.40 bits per heavy atom. The van der Waals surface area contributed by atoms with Gasteiger partial charge < -0.3 is 24.1 Å². The van der Waals surface area contributed by atoms with E-state index in [1.165, 1.54) is 0 Å². The fourth-order valence-electron chi connectivity index (χ4n) is 2.00. The van der Waals surface area contributed by atoms with Gasteiger partial charge in [-0.3, -0.25) is 9.59 Å². The number of ether oxygens (including phenoxy) is 4. The molecule has 0 heterocycles. The van der Waals surface area contributed by atoms with Gasteiger partial charge in [0.15, 0.2) is 6.61 Å². The Labute approximate surface area is 151 Å². The molecule has 148 valence electrons. The van der Waals surface area contributed by atoms with Crippen molar-refractivity contribution in [3.05, 3.63) is 0 Å². The molecule has 0 aromatic rings. The third-order valence-corrected chi connectivity index (χ3v) is 3.44. The van der Waals surface area contributed by atoms with Crippen molar-refractivity contribution in [2.45, 2.75) is 78.1 Å². The van der Waals surface area contributed by atoms with Gasteiger partial charge in [-0.15, -0.1) is 0 Å². The molecule has 0 unspecified atom stereocenters. The number of esters is 1. The molecule has 0 saturated carbocycles. The lowest BCUT2D eigenvalue weighted by atomic mass is 10.2. The molecule has 7 heteroatoms. The quantitative estimate of drug-likeness (QED) is 0.240. The third kappa shape index (κ3) is 12.8. The Hall–Kier alpha value is -1.18. The zero-order valence-electron chi connectivity index (χ0n) is 15.9. The first-order valence-electron chi connectivity index (χ1n) is 9.29.